The highest BCUT2D eigenvalue weighted by Gasteiger charge is 2.23. The van der Waals surface area contributed by atoms with Crippen molar-refractivity contribution in [2.45, 2.75) is 33.3 Å². The summed E-state index contributed by atoms with van der Waals surface area (Å²) in [5.74, 6) is 0.965. The quantitative estimate of drug-likeness (QED) is 0.939. The number of thiazole rings is 1. The molecule has 1 aliphatic heterocycles. The fourth-order valence-electron chi connectivity index (χ4n) is 2.84. The molecule has 1 aromatic heterocycles. The van der Waals surface area contributed by atoms with Crippen LogP contribution in [0.1, 0.15) is 25.1 Å². The highest BCUT2D eigenvalue weighted by Crippen LogP contribution is 2.38. The molecule has 21 heavy (non-hydrogen) atoms. The maximum absolute atomic E-state index is 5.95. The minimum atomic E-state index is 0.228. The zero-order valence-electron chi connectivity index (χ0n) is 12.7. The van der Waals surface area contributed by atoms with Gasteiger partial charge in [0.1, 0.15) is 11.9 Å². The molecule has 4 nitrogen and oxygen atoms in total. The summed E-state index contributed by atoms with van der Waals surface area (Å²) in [7, 11) is 0. The minimum absolute atomic E-state index is 0.228. The number of hydrogen-bond acceptors (Lipinski definition) is 5. The molecule has 0 amide bonds. The van der Waals surface area contributed by atoms with E-state index in [-0.39, 0.29) is 6.10 Å². The Morgan fingerprint density at radius 2 is 2.29 bits per heavy atom. The molecule has 0 radical (unpaired) electrons. The van der Waals surface area contributed by atoms with Gasteiger partial charge in [-0.15, -0.1) is 11.3 Å². The zero-order chi connectivity index (χ0) is 15.0. The van der Waals surface area contributed by atoms with Gasteiger partial charge in [-0.25, -0.2) is 4.98 Å². The maximum Gasteiger partial charge on any atom is 0.180 e. The summed E-state index contributed by atoms with van der Waals surface area (Å²) in [4.78, 5) is 8.01. The molecule has 2 aromatic rings. The Bertz CT molecular complexity index is 653. The number of nitrogen functional groups attached to an aromatic ring is 1. The van der Waals surface area contributed by atoms with Crippen LogP contribution in [0, 0.1) is 6.92 Å². The van der Waals surface area contributed by atoms with Crippen LogP contribution in [0.25, 0.3) is 11.3 Å². The highest BCUT2D eigenvalue weighted by molar-refractivity contribution is 7.15. The number of nitrogens with two attached hydrogens (primary N) is 1. The number of anilines is 2. The predicted octanol–water partition coefficient (Wildman–Crippen LogP) is 3.70. The largest absolute Gasteiger partial charge is 0.487 e. The van der Waals surface area contributed by atoms with Gasteiger partial charge in [0.05, 0.1) is 17.9 Å². The number of benzene rings is 1. The molecule has 1 unspecified atom stereocenters. The summed E-state index contributed by atoms with van der Waals surface area (Å²) < 4.78 is 5.95. The Kier molecular flexibility index (Phi) is 3.76. The molecule has 0 fully saturated rings. The number of aromatic nitrogens is 1. The van der Waals surface area contributed by atoms with E-state index in [1.54, 1.807) is 0 Å². The van der Waals surface area contributed by atoms with Gasteiger partial charge in [-0.2, -0.15) is 0 Å². The smallest absolute Gasteiger partial charge is 0.180 e. The number of rotatable bonds is 3. The highest BCUT2D eigenvalue weighted by atomic mass is 32.1. The van der Waals surface area contributed by atoms with Crippen molar-refractivity contribution >= 4 is 22.2 Å². The third-order valence-corrected chi connectivity index (χ3v) is 4.49. The van der Waals surface area contributed by atoms with Crippen LogP contribution in [0.2, 0.25) is 0 Å². The lowest BCUT2D eigenvalue weighted by atomic mass is 10.1. The van der Waals surface area contributed by atoms with Crippen molar-refractivity contribution in [3.63, 3.8) is 0 Å². The molecule has 2 heterocycles. The number of hydrogen-bond donors (Lipinski definition) is 1. The minimum Gasteiger partial charge on any atom is -0.487 e. The molecule has 0 bridgehead atoms. The van der Waals surface area contributed by atoms with E-state index in [9.17, 15) is 0 Å². The average Bonchev–Trinajstić information content (AvgIpc) is 2.77. The lowest BCUT2D eigenvalue weighted by Gasteiger charge is -2.35. The van der Waals surface area contributed by atoms with Crippen molar-refractivity contribution in [2.75, 3.05) is 23.7 Å². The van der Waals surface area contributed by atoms with Gasteiger partial charge in [-0.05, 0) is 38.5 Å². The lowest BCUT2D eigenvalue weighted by molar-refractivity contribution is 0.212. The molecular formula is C16H21N3OS. The maximum atomic E-state index is 5.95. The van der Waals surface area contributed by atoms with Crippen LogP contribution >= 0.6 is 11.3 Å². The number of nitrogens with zero attached hydrogens (tertiary/aromatic N) is 2. The summed E-state index contributed by atoms with van der Waals surface area (Å²) >= 11 is 1.53. The van der Waals surface area contributed by atoms with Gasteiger partial charge in [0, 0.05) is 17.0 Å². The van der Waals surface area contributed by atoms with Crippen molar-refractivity contribution < 1.29 is 4.74 Å². The van der Waals surface area contributed by atoms with Crippen LogP contribution < -0.4 is 15.4 Å². The van der Waals surface area contributed by atoms with Gasteiger partial charge >= 0.3 is 0 Å². The molecule has 1 aromatic carbocycles. The first-order valence-corrected chi connectivity index (χ1v) is 8.19. The number of ether oxygens (including phenoxy) is 1. The molecule has 0 saturated heterocycles. The van der Waals surface area contributed by atoms with E-state index in [1.165, 1.54) is 17.0 Å². The van der Waals surface area contributed by atoms with E-state index >= 15 is 0 Å². The molecule has 1 atom stereocenters. The van der Waals surface area contributed by atoms with Gasteiger partial charge < -0.3 is 15.4 Å². The van der Waals surface area contributed by atoms with Crippen LogP contribution in [0.3, 0.4) is 0 Å². The second-order valence-corrected chi connectivity index (χ2v) is 6.75. The fraction of sp³-hybridized carbons (Fsp3) is 0.438. The fourth-order valence-corrected chi connectivity index (χ4v) is 3.55. The predicted molar refractivity (Wildman–Crippen MR) is 89.3 cm³/mol. The summed E-state index contributed by atoms with van der Waals surface area (Å²) in [5, 5.41) is 0.621. The van der Waals surface area contributed by atoms with E-state index in [0.717, 1.165) is 41.4 Å². The Morgan fingerprint density at radius 3 is 2.95 bits per heavy atom. The van der Waals surface area contributed by atoms with Crippen LogP contribution in [0.15, 0.2) is 18.2 Å². The standard InChI is InChI=1S/C16H21N3OS/c1-4-7-19-9-10(2)20-14-6-5-12(8-13(14)19)15-11(3)21-16(17)18-15/h5-6,8,10H,4,7,9H2,1-3H3,(H2,17,18). The topological polar surface area (TPSA) is 51.4 Å². The Balaban J connectivity index is 2.03. The van der Waals surface area contributed by atoms with Crippen molar-refractivity contribution in [3.8, 4) is 17.0 Å². The van der Waals surface area contributed by atoms with Crippen LogP contribution in [-0.4, -0.2) is 24.2 Å². The molecule has 0 aliphatic carbocycles. The molecular weight excluding hydrogens is 282 g/mol. The summed E-state index contributed by atoms with van der Waals surface area (Å²) in [6, 6.07) is 6.30. The third kappa shape index (κ3) is 2.70. The first-order valence-electron chi connectivity index (χ1n) is 7.37. The molecule has 5 heteroatoms. The first-order chi connectivity index (χ1) is 10.1. The van der Waals surface area contributed by atoms with Gasteiger partial charge in [-0.1, -0.05) is 6.92 Å². The molecule has 1 aliphatic rings. The molecule has 2 N–H and O–H groups in total. The molecule has 0 spiro atoms. The molecule has 112 valence electrons. The van der Waals surface area contributed by atoms with Crippen molar-refractivity contribution in [1.29, 1.82) is 0 Å². The second kappa shape index (κ2) is 5.56. The van der Waals surface area contributed by atoms with Gasteiger partial charge in [0.2, 0.25) is 0 Å². The average molecular weight is 303 g/mol. The second-order valence-electron chi connectivity index (χ2n) is 5.51. The molecule has 0 saturated carbocycles. The van der Waals surface area contributed by atoms with E-state index < -0.39 is 0 Å². The number of fused-ring (bicyclic) bond motifs is 1. The first kappa shape index (κ1) is 14.2. The van der Waals surface area contributed by atoms with Crippen molar-refractivity contribution in [2.24, 2.45) is 0 Å². The lowest BCUT2D eigenvalue weighted by Crippen LogP contribution is -2.38. The van der Waals surface area contributed by atoms with Crippen LogP contribution in [0.5, 0.6) is 5.75 Å². The van der Waals surface area contributed by atoms with E-state index in [2.05, 4.69) is 48.9 Å². The van der Waals surface area contributed by atoms with Crippen LogP contribution in [0.4, 0.5) is 10.8 Å². The summed E-state index contributed by atoms with van der Waals surface area (Å²) in [5.41, 5.74) is 9.08. The van der Waals surface area contributed by atoms with Gasteiger partial charge in [0.15, 0.2) is 5.13 Å². The Labute approximate surface area is 129 Å². The Morgan fingerprint density at radius 1 is 1.48 bits per heavy atom. The van der Waals surface area contributed by atoms with Gasteiger partial charge in [-0.3, -0.25) is 0 Å². The summed E-state index contributed by atoms with van der Waals surface area (Å²) in [6.07, 6.45) is 1.35. The SMILES string of the molecule is CCCN1CC(C)Oc2ccc(-c3nc(N)sc3C)cc21. The molecule has 3 rings (SSSR count). The normalized spacial score (nSPS) is 17.5. The van der Waals surface area contributed by atoms with E-state index in [1.807, 2.05) is 0 Å². The number of aryl methyl sites for hydroxylation is 1. The van der Waals surface area contributed by atoms with Gasteiger partial charge in [0.25, 0.3) is 0 Å². The third-order valence-electron chi connectivity index (χ3n) is 3.69. The zero-order valence-corrected chi connectivity index (χ0v) is 13.5. The Hall–Kier alpha value is -1.75. The van der Waals surface area contributed by atoms with Crippen LogP contribution in [-0.2, 0) is 0 Å². The monoisotopic (exact) mass is 303 g/mol. The van der Waals surface area contributed by atoms with Crippen molar-refractivity contribution in [3.05, 3.63) is 23.1 Å². The van der Waals surface area contributed by atoms with Crippen molar-refractivity contribution in [1.82, 2.24) is 4.98 Å². The van der Waals surface area contributed by atoms with E-state index in [4.69, 9.17) is 10.5 Å². The summed E-state index contributed by atoms with van der Waals surface area (Å²) in [6.45, 7) is 8.36. The van der Waals surface area contributed by atoms with E-state index in [0.29, 0.717) is 5.13 Å².